The minimum Gasteiger partial charge on any atom is -0.394 e. The minimum absolute atomic E-state index is 0.0335. The van der Waals surface area contributed by atoms with Crippen molar-refractivity contribution in [3.63, 3.8) is 0 Å². The number of ether oxygens (including phenoxy) is 1. The van der Waals surface area contributed by atoms with Gasteiger partial charge in [-0.05, 0) is 12.1 Å². The van der Waals surface area contributed by atoms with Crippen LogP contribution >= 0.6 is 11.8 Å². The number of carbonyl (C=O) groups excluding carboxylic acids is 1. The molecule has 0 unspecified atom stereocenters. The summed E-state index contributed by atoms with van der Waals surface area (Å²) in [7, 11) is 1.45. The smallest absolute Gasteiger partial charge is 0.229 e. The van der Waals surface area contributed by atoms with Gasteiger partial charge in [-0.15, -0.1) is 16.9 Å². The van der Waals surface area contributed by atoms with Crippen molar-refractivity contribution in [3.8, 4) is 11.3 Å². The number of aromatic nitrogens is 3. The monoisotopic (exact) mass is 448 g/mol. The van der Waals surface area contributed by atoms with Crippen LogP contribution in [0.15, 0.2) is 18.3 Å². The number of halogens is 3. The van der Waals surface area contributed by atoms with Gasteiger partial charge in [0.15, 0.2) is 17.5 Å². The van der Waals surface area contributed by atoms with Gasteiger partial charge in [-0.1, -0.05) is 5.21 Å². The van der Waals surface area contributed by atoms with Crippen molar-refractivity contribution in [1.82, 2.24) is 20.3 Å². The summed E-state index contributed by atoms with van der Waals surface area (Å²) in [6.07, 6.45) is -2.65. The first-order valence-corrected chi connectivity index (χ1v) is 9.83. The number of hydrogen-bond acceptors (Lipinski definition) is 8. The second kappa shape index (κ2) is 9.31. The molecule has 0 bridgehead atoms. The number of benzene rings is 1. The van der Waals surface area contributed by atoms with E-state index in [1.54, 1.807) is 0 Å². The van der Waals surface area contributed by atoms with Crippen LogP contribution in [0.5, 0.6) is 0 Å². The summed E-state index contributed by atoms with van der Waals surface area (Å²) in [6.45, 7) is -0.572. The van der Waals surface area contributed by atoms with E-state index >= 15 is 0 Å². The van der Waals surface area contributed by atoms with Crippen molar-refractivity contribution >= 4 is 17.7 Å². The minimum atomic E-state index is -1.62. The second-order valence-electron chi connectivity index (χ2n) is 6.52. The molecule has 1 aliphatic heterocycles. The molecular formula is C17H19F3N4O5S. The summed E-state index contributed by atoms with van der Waals surface area (Å²) in [6, 6.07) is 0.332. The number of aliphatic hydroxyl groups excluding tert-OH is 3. The van der Waals surface area contributed by atoms with E-state index in [9.17, 15) is 33.3 Å². The maximum atomic E-state index is 13.5. The second-order valence-corrected chi connectivity index (χ2v) is 7.61. The van der Waals surface area contributed by atoms with Crippen molar-refractivity contribution in [2.24, 2.45) is 0 Å². The molecule has 13 heteroatoms. The van der Waals surface area contributed by atoms with Crippen LogP contribution in [-0.2, 0) is 9.53 Å². The highest BCUT2D eigenvalue weighted by molar-refractivity contribution is 8.00. The van der Waals surface area contributed by atoms with E-state index in [4.69, 9.17) is 4.74 Å². The third-order valence-corrected chi connectivity index (χ3v) is 5.75. The Hall–Kier alpha value is -2.19. The third kappa shape index (κ3) is 4.44. The number of carbonyl (C=O) groups is 1. The number of rotatable bonds is 6. The predicted molar refractivity (Wildman–Crippen MR) is 98.7 cm³/mol. The van der Waals surface area contributed by atoms with Gasteiger partial charge in [0.05, 0.1) is 18.6 Å². The van der Waals surface area contributed by atoms with Gasteiger partial charge in [0, 0.05) is 12.6 Å². The zero-order chi connectivity index (χ0) is 22.0. The average molecular weight is 448 g/mol. The highest BCUT2D eigenvalue weighted by Crippen LogP contribution is 2.35. The fraction of sp³-hybridized carbons (Fsp3) is 0.471. The maximum absolute atomic E-state index is 13.5. The number of hydrogen-bond donors (Lipinski definition) is 4. The van der Waals surface area contributed by atoms with Crippen LogP contribution in [0.25, 0.3) is 11.3 Å². The van der Waals surface area contributed by atoms with Crippen LogP contribution in [0, 0.1) is 17.5 Å². The van der Waals surface area contributed by atoms with E-state index in [1.807, 2.05) is 0 Å². The Kier molecular flexibility index (Phi) is 6.98. The first kappa shape index (κ1) is 22.5. The number of thioether (sulfide) groups is 1. The van der Waals surface area contributed by atoms with Gasteiger partial charge in [0.25, 0.3) is 0 Å². The Morgan fingerprint density at radius 1 is 1.27 bits per heavy atom. The van der Waals surface area contributed by atoms with E-state index in [0.29, 0.717) is 0 Å². The molecule has 1 aromatic heterocycles. The molecule has 1 amide bonds. The number of amides is 1. The van der Waals surface area contributed by atoms with Gasteiger partial charge in [0.1, 0.15) is 35.5 Å². The summed E-state index contributed by atoms with van der Waals surface area (Å²) in [5.74, 6) is -4.80. The molecule has 3 rings (SSSR count). The molecular weight excluding hydrogens is 429 g/mol. The molecule has 2 heterocycles. The highest BCUT2D eigenvalue weighted by Gasteiger charge is 2.46. The largest absolute Gasteiger partial charge is 0.394 e. The molecule has 0 aliphatic carbocycles. The third-order valence-electron chi connectivity index (χ3n) is 4.60. The molecule has 1 fully saturated rings. The highest BCUT2D eigenvalue weighted by atomic mass is 32.2. The van der Waals surface area contributed by atoms with Crippen molar-refractivity contribution in [3.05, 3.63) is 35.8 Å². The van der Waals surface area contributed by atoms with Crippen LogP contribution < -0.4 is 5.32 Å². The van der Waals surface area contributed by atoms with Crippen molar-refractivity contribution in [2.75, 3.05) is 19.4 Å². The number of aliphatic hydroxyl groups is 3. The van der Waals surface area contributed by atoms with Crippen LogP contribution in [0.1, 0.15) is 6.04 Å². The lowest BCUT2D eigenvalue weighted by molar-refractivity contribution is -0.178. The quantitative estimate of drug-likeness (QED) is 0.448. The Bertz CT molecular complexity index is 894. The molecule has 0 spiro atoms. The lowest BCUT2D eigenvalue weighted by Gasteiger charge is -2.41. The first-order valence-electron chi connectivity index (χ1n) is 8.78. The molecule has 1 aromatic carbocycles. The Labute approximate surface area is 172 Å². The fourth-order valence-electron chi connectivity index (χ4n) is 3.01. The normalized spacial score (nSPS) is 26.6. The molecule has 1 saturated heterocycles. The fourth-order valence-corrected chi connectivity index (χ4v) is 4.05. The SMILES string of the molecule is CNC(=O)CS[C@@H]1O[C@H](CO)[C@H](O)[C@H](n2cc(-c3cc(F)c(F)c(F)c3)nn2)[C@H]1O. The topological polar surface area (TPSA) is 130 Å². The zero-order valence-corrected chi connectivity index (χ0v) is 16.4. The predicted octanol–water partition coefficient (Wildman–Crippen LogP) is -0.178. The number of nitrogens with one attached hydrogen (secondary N) is 1. The van der Waals surface area contributed by atoms with Gasteiger partial charge in [-0.3, -0.25) is 4.79 Å². The van der Waals surface area contributed by atoms with Gasteiger partial charge >= 0.3 is 0 Å². The molecule has 164 valence electrons. The van der Waals surface area contributed by atoms with Crippen LogP contribution in [-0.4, -0.2) is 79.4 Å². The summed E-state index contributed by atoms with van der Waals surface area (Å²) in [5.41, 5.74) is -1.12. The molecule has 2 aromatic rings. The van der Waals surface area contributed by atoms with Crippen molar-refractivity contribution < 1.29 is 38.0 Å². The standard InChI is InChI=1S/C17H19F3N4O5S/c1-21-12(26)6-30-17-16(28)14(15(27)11(5-25)29-17)24-4-10(22-23-24)7-2-8(18)13(20)9(19)3-7/h2-4,11,14-17,25,27-28H,5-6H2,1H3,(H,21,26)/t11-,14+,15+,16-,17+/m1/s1. The van der Waals surface area contributed by atoms with E-state index < -0.39 is 53.8 Å². The Morgan fingerprint density at radius 2 is 1.93 bits per heavy atom. The van der Waals surface area contributed by atoms with Crippen LogP contribution in [0.4, 0.5) is 13.2 Å². The molecule has 9 nitrogen and oxygen atoms in total. The van der Waals surface area contributed by atoms with Crippen molar-refractivity contribution in [2.45, 2.75) is 29.8 Å². The van der Waals surface area contributed by atoms with Crippen molar-refractivity contribution in [1.29, 1.82) is 0 Å². The molecule has 1 aliphatic rings. The summed E-state index contributed by atoms with van der Waals surface area (Å²) < 4.78 is 46.7. The Balaban J connectivity index is 1.88. The van der Waals surface area contributed by atoms with Gasteiger partial charge in [-0.25, -0.2) is 17.9 Å². The summed E-state index contributed by atoms with van der Waals surface area (Å²) in [4.78, 5) is 11.5. The van der Waals surface area contributed by atoms with Gasteiger partial charge < -0.3 is 25.4 Å². The van der Waals surface area contributed by atoms with E-state index in [0.717, 1.165) is 28.6 Å². The first-order chi connectivity index (χ1) is 14.3. The summed E-state index contributed by atoms with van der Waals surface area (Å²) in [5, 5.41) is 40.7. The average Bonchev–Trinajstić information content (AvgIpc) is 3.20. The number of nitrogens with zero attached hydrogens (tertiary/aromatic N) is 3. The molecule has 30 heavy (non-hydrogen) atoms. The van der Waals surface area contributed by atoms with Gasteiger partial charge in [0.2, 0.25) is 5.91 Å². The van der Waals surface area contributed by atoms with Gasteiger partial charge in [-0.2, -0.15) is 0 Å². The van der Waals surface area contributed by atoms with E-state index in [2.05, 4.69) is 15.6 Å². The lowest BCUT2D eigenvalue weighted by Crippen LogP contribution is -2.55. The molecule has 0 radical (unpaired) electrons. The lowest BCUT2D eigenvalue weighted by atomic mass is 9.97. The Morgan fingerprint density at radius 3 is 2.53 bits per heavy atom. The van der Waals surface area contributed by atoms with E-state index in [1.165, 1.54) is 13.2 Å². The molecule has 0 saturated carbocycles. The maximum Gasteiger partial charge on any atom is 0.229 e. The van der Waals surface area contributed by atoms with Crippen LogP contribution in [0.3, 0.4) is 0 Å². The molecule has 5 atom stereocenters. The van der Waals surface area contributed by atoms with E-state index in [-0.39, 0.29) is 22.9 Å². The zero-order valence-electron chi connectivity index (χ0n) is 15.6. The summed E-state index contributed by atoms with van der Waals surface area (Å²) >= 11 is 0.958. The van der Waals surface area contributed by atoms with Crippen LogP contribution in [0.2, 0.25) is 0 Å². The molecule has 4 N–H and O–H groups in total.